The van der Waals surface area contributed by atoms with Gasteiger partial charge in [-0.1, -0.05) is 12.8 Å². The van der Waals surface area contributed by atoms with E-state index in [1.165, 1.54) is 23.5 Å². The number of nitrogens with one attached hydrogen (secondary N) is 1. The molecule has 136 valence electrons. The van der Waals surface area contributed by atoms with E-state index in [0.29, 0.717) is 0 Å². The third-order valence-corrected chi connectivity index (χ3v) is 6.00. The highest BCUT2D eigenvalue weighted by atomic mass is 35.5. The van der Waals surface area contributed by atoms with Crippen LogP contribution < -0.4 is 11.1 Å². The first-order chi connectivity index (χ1) is 11.4. The Balaban J connectivity index is 0.00000225. The van der Waals surface area contributed by atoms with Crippen molar-refractivity contribution >= 4 is 29.7 Å². The normalized spacial score (nSPS) is 17.0. The molecule has 1 amide bonds. The number of nitrogens with zero attached hydrogens (tertiary/aromatic N) is 1. The zero-order valence-corrected chi connectivity index (χ0v) is 16.0. The standard InChI is InChI=1S/C18H22FN3OS.ClH/c1-11-15(12(2)22-17(23)18(20)9-3-4-10-18)24-16(21-11)13-5-7-14(19)8-6-13;/h5-8,12H,3-4,9-10,20H2,1-2H3,(H,22,23);1H. The van der Waals surface area contributed by atoms with Gasteiger partial charge in [-0.15, -0.1) is 23.7 Å². The van der Waals surface area contributed by atoms with Crippen molar-refractivity contribution in [2.45, 2.75) is 51.1 Å². The lowest BCUT2D eigenvalue weighted by Crippen LogP contribution is -2.52. The number of halogens is 2. The molecule has 1 aliphatic rings. The second kappa shape index (κ2) is 7.81. The van der Waals surface area contributed by atoms with Crippen molar-refractivity contribution in [2.24, 2.45) is 5.73 Å². The number of aryl methyl sites for hydroxylation is 1. The highest BCUT2D eigenvalue weighted by Crippen LogP contribution is 2.33. The summed E-state index contributed by atoms with van der Waals surface area (Å²) in [6.45, 7) is 3.88. The quantitative estimate of drug-likeness (QED) is 0.834. The van der Waals surface area contributed by atoms with E-state index in [4.69, 9.17) is 5.73 Å². The molecule has 0 aliphatic heterocycles. The second-order valence-corrected chi connectivity index (χ2v) is 7.56. The Morgan fingerprint density at radius 1 is 1.32 bits per heavy atom. The third-order valence-electron chi connectivity index (χ3n) is 4.61. The average Bonchev–Trinajstić information content (AvgIpc) is 3.15. The van der Waals surface area contributed by atoms with Gasteiger partial charge in [0.15, 0.2) is 0 Å². The SMILES string of the molecule is Cc1nc(-c2ccc(F)cc2)sc1C(C)NC(=O)C1(N)CCCC1.Cl. The molecule has 3 N–H and O–H groups in total. The molecule has 0 radical (unpaired) electrons. The highest BCUT2D eigenvalue weighted by Gasteiger charge is 2.37. The molecule has 1 fully saturated rings. The molecule has 1 atom stereocenters. The lowest BCUT2D eigenvalue weighted by Gasteiger charge is -2.24. The minimum Gasteiger partial charge on any atom is -0.347 e. The molecular weight excluding hydrogens is 361 g/mol. The van der Waals surface area contributed by atoms with Crippen molar-refractivity contribution < 1.29 is 9.18 Å². The molecule has 3 rings (SSSR count). The number of nitrogens with two attached hydrogens (primary N) is 1. The fraction of sp³-hybridized carbons (Fsp3) is 0.444. The van der Waals surface area contributed by atoms with Crippen molar-refractivity contribution in [3.8, 4) is 10.6 Å². The maximum absolute atomic E-state index is 13.1. The van der Waals surface area contributed by atoms with Crippen LogP contribution in [0, 0.1) is 12.7 Å². The number of carbonyl (C=O) groups excluding carboxylic acids is 1. The number of hydrogen-bond donors (Lipinski definition) is 2. The van der Waals surface area contributed by atoms with Gasteiger partial charge in [-0.2, -0.15) is 0 Å². The molecular formula is C18H23ClFN3OS. The Morgan fingerprint density at radius 2 is 1.92 bits per heavy atom. The zero-order valence-electron chi connectivity index (χ0n) is 14.3. The van der Waals surface area contributed by atoms with Gasteiger partial charge >= 0.3 is 0 Å². The number of aromatic nitrogens is 1. The molecule has 7 heteroatoms. The van der Waals surface area contributed by atoms with Crippen LogP contribution >= 0.6 is 23.7 Å². The summed E-state index contributed by atoms with van der Waals surface area (Å²) in [6, 6.07) is 6.14. The lowest BCUT2D eigenvalue weighted by atomic mass is 9.97. The van der Waals surface area contributed by atoms with Crippen LogP contribution in [0.1, 0.15) is 49.2 Å². The number of benzene rings is 1. The summed E-state index contributed by atoms with van der Waals surface area (Å²) in [5.41, 5.74) is 7.24. The monoisotopic (exact) mass is 383 g/mol. The topological polar surface area (TPSA) is 68.0 Å². The van der Waals surface area contributed by atoms with Crippen LogP contribution in [0.25, 0.3) is 10.6 Å². The van der Waals surface area contributed by atoms with E-state index in [-0.39, 0.29) is 30.2 Å². The summed E-state index contributed by atoms with van der Waals surface area (Å²) < 4.78 is 13.1. The Labute approximate surface area is 157 Å². The Kier molecular flexibility index (Phi) is 6.19. The number of thiazole rings is 1. The Hall–Kier alpha value is -1.50. The van der Waals surface area contributed by atoms with Crippen molar-refractivity contribution in [2.75, 3.05) is 0 Å². The van der Waals surface area contributed by atoms with E-state index in [1.807, 2.05) is 13.8 Å². The van der Waals surface area contributed by atoms with Gasteiger partial charge in [0.2, 0.25) is 5.91 Å². The van der Waals surface area contributed by atoms with Crippen LogP contribution in [0.15, 0.2) is 24.3 Å². The molecule has 0 saturated heterocycles. The molecule has 1 aliphatic carbocycles. The summed E-state index contributed by atoms with van der Waals surface area (Å²) >= 11 is 1.52. The predicted octanol–water partition coefficient (Wildman–Crippen LogP) is 4.13. The van der Waals surface area contributed by atoms with Crippen LogP contribution in [0.3, 0.4) is 0 Å². The van der Waals surface area contributed by atoms with Gasteiger partial charge in [-0.05, 0) is 51.0 Å². The summed E-state index contributed by atoms with van der Waals surface area (Å²) in [6.07, 6.45) is 3.50. The first kappa shape index (κ1) is 19.8. The largest absolute Gasteiger partial charge is 0.347 e. The number of amides is 1. The summed E-state index contributed by atoms with van der Waals surface area (Å²) in [5.74, 6) is -0.346. The molecule has 1 aromatic heterocycles. The van der Waals surface area contributed by atoms with Crippen molar-refractivity contribution in [3.05, 3.63) is 40.7 Å². The Bertz CT molecular complexity index is 741. The fourth-order valence-electron chi connectivity index (χ4n) is 3.16. The molecule has 25 heavy (non-hydrogen) atoms. The average molecular weight is 384 g/mol. The van der Waals surface area contributed by atoms with Crippen LogP contribution in [-0.2, 0) is 4.79 Å². The number of hydrogen-bond acceptors (Lipinski definition) is 4. The molecule has 0 spiro atoms. The zero-order chi connectivity index (χ0) is 17.3. The third kappa shape index (κ3) is 4.19. The van der Waals surface area contributed by atoms with E-state index in [9.17, 15) is 9.18 Å². The van der Waals surface area contributed by atoms with Gasteiger partial charge in [-0.25, -0.2) is 9.37 Å². The molecule has 2 aromatic rings. The van der Waals surface area contributed by atoms with Gasteiger partial charge in [0.25, 0.3) is 0 Å². The molecule has 4 nitrogen and oxygen atoms in total. The minimum absolute atomic E-state index is 0. The molecule has 1 unspecified atom stereocenters. The maximum atomic E-state index is 13.1. The van der Waals surface area contributed by atoms with Gasteiger partial charge in [-0.3, -0.25) is 4.79 Å². The summed E-state index contributed by atoms with van der Waals surface area (Å²) in [5, 5.41) is 3.87. The van der Waals surface area contributed by atoms with Crippen LogP contribution in [0.2, 0.25) is 0 Å². The Morgan fingerprint density at radius 3 is 2.52 bits per heavy atom. The summed E-state index contributed by atoms with van der Waals surface area (Å²) in [4.78, 5) is 18.1. The molecule has 1 saturated carbocycles. The van der Waals surface area contributed by atoms with Crippen molar-refractivity contribution in [1.29, 1.82) is 0 Å². The minimum atomic E-state index is -0.730. The van der Waals surface area contributed by atoms with Gasteiger partial charge in [0.05, 0.1) is 22.2 Å². The number of rotatable bonds is 4. The number of carbonyl (C=O) groups is 1. The van der Waals surface area contributed by atoms with Crippen molar-refractivity contribution in [3.63, 3.8) is 0 Å². The molecule has 0 bridgehead atoms. The van der Waals surface area contributed by atoms with Gasteiger partial charge in [0.1, 0.15) is 10.8 Å². The lowest BCUT2D eigenvalue weighted by molar-refractivity contribution is -0.126. The van der Waals surface area contributed by atoms with Gasteiger partial charge < -0.3 is 11.1 Å². The van der Waals surface area contributed by atoms with E-state index in [2.05, 4.69) is 10.3 Å². The first-order valence-corrected chi connectivity index (χ1v) is 9.04. The van der Waals surface area contributed by atoms with E-state index < -0.39 is 5.54 Å². The smallest absolute Gasteiger partial charge is 0.240 e. The predicted molar refractivity (Wildman–Crippen MR) is 101 cm³/mol. The molecule has 1 heterocycles. The first-order valence-electron chi connectivity index (χ1n) is 8.22. The van der Waals surface area contributed by atoms with Gasteiger partial charge in [0, 0.05) is 5.56 Å². The van der Waals surface area contributed by atoms with Crippen LogP contribution in [0.4, 0.5) is 4.39 Å². The van der Waals surface area contributed by atoms with E-state index in [0.717, 1.165) is 46.8 Å². The highest BCUT2D eigenvalue weighted by molar-refractivity contribution is 7.15. The maximum Gasteiger partial charge on any atom is 0.240 e. The van der Waals surface area contributed by atoms with Crippen LogP contribution in [0.5, 0.6) is 0 Å². The van der Waals surface area contributed by atoms with Crippen LogP contribution in [-0.4, -0.2) is 16.4 Å². The van der Waals surface area contributed by atoms with Crippen molar-refractivity contribution in [1.82, 2.24) is 10.3 Å². The second-order valence-electron chi connectivity index (χ2n) is 6.53. The van der Waals surface area contributed by atoms with E-state index >= 15 is 0 Å². The fourth-order valence-corrected chi connectivity index (χ4v) is 4.24. The van der Waals surface area contributed by atoms with E-state index in [1.54, 1.807) is 12.1 Å². The molecule has 1 aromatic carbocycles. The summed E-state index contributed by atoms with van der Waals surface area (Å²) in [7, 11) is 0.